The summed E-state index contributed by atoms with van der Waals surface area (Å²) in [5.41, 5.74) is 30.5. The lowest BCUT2D eigenvalue weighted by Gasteiger charge is -2.41. The number of para-hydroxylation sites is 1. The first-order valence-corrected chi connectivity index (χ1v) is 39.1. The SMILES string of the molecule is CC(C)(C)C1(C)c2ccccc2-c2cc3oc4cc(-c5cccc(-c6nc(-c7ccccc7)nc(-c7cccc8oc9ccccc9c78)n6)c5)ccc4c3cc21.CC(C)C1(C)c2ccccc2-c2cc3oc4cc(-c5cccc(-c6nc(-c7ccccc7)nc(-c7cccc8c7-c7ccccc7C8(C)C)n6)c5)ccc4c3cc21. The van der Waals surface area contributed by atoms with E-state index in [-0.39, 0.29) is 21.7 Å². The molecule has 0 aliphatic heterocycles. The molecule has 9 heteroatoms. The van der Waals surface area contributed by atoms with Crippen LogP contribution in [0.1, 0.15) is 95.7 Å². The second kappa shape index (κ2) is 25.3. The Balaban J connectivity index is 0.000000142. The van der Waals surface area contributed by atoms with Gasteiger partial charge in [-0.1, -0.05) is 293 Å². The lowest BCUT2D eigenvalue weighted by Crippen LogP contribution is -2.36. The molecule has 19 aromatic rings. The van der Waals surface area contributed by atoms with Crippen molar-refractivity contribution in [2.75, 3.05) is 0 Å². The highest BCUT2D eigenvalue weighted by atomic mass is 16.3. The molecule has 5 heterocycles. The standard InChI is InChI=1S/C53H41N3O.C51H37N3O2/c1-31(2)53(5)43-23-12-9-19-36(43)40-30-47-41(29-45(40)53)37-26-25-34(28-46(37)57-47)33-17-13-18-35(27-33)50-54-49(32-15-7-6-8-16-32)55-51(56-50)39-21-14-24-44-48(39)38-20-10-11-22-42(38)52(44,3)4;1-50(2,3)51(4)40-21-10-8-18-34(40)38-29-45-39(28-41(38)51)35-25-24-32(27-44(35)56-45)31-16-12-17-33(26-31)48-52-47(30-14-6-5-7-15-30)53-49(54-48)37-20-13-23-43-46(37)36-19-9-11-22-42(36)55-43/h6-31H,1-5H3;5-29H,1-4H3. The highest BCUT2D eigenvalue weighted by Crippen LogP contribution is 2.59. The number of nitrogens with zero attached hydrogens (tertiary/aromatic N) is 6. The third-order valence-corrected chi connectivity index (χ3v) is 25.2. The van der Waals surface area contributed by atoms with Gasteiger partial charge in [-0.05, 0) is 173 Å². The molecule has 22 rings (SSSR count). The number of benzene rings is 14. The first-order valence-electron chi connectivity index (χ1n) is 39.1. The van der Waals surface area contributed by atoms with Gasteiger partial charge in [-0.15, -0.1) is 0 Å². The lowest BCUT2D eigenvalue weighted by atomic mass is 9.62. The minimum Gasteiger partial charge on any atom is -0.456 e. The number of hydrogen-bond acceptors (Lipinski definition) is 9. The van der Waals surface area contributed by atoms with Gasteiger partial charge in [-0.3, -0.25) is 0 Å². The summed E-state index contributed by atoms with van der Waals surface area (Å²) in [6.45, 7) is 21.1. The molecule has 0 saturated heterocycles. The molecule has 0 N–H and O–H groups in total. The molecule has 2 unspecified atom stereocenters. The van der Waals surface area contributed by atoms with E-state index in [1.165, 1.54) is 66.8 Å². The zero-order valence-corrected chi connectivity index (χ0v) is 64.4. The fraction of sp³-hybridized carbons (Fsp3) is 0.135. The quantitative estimate of drug-likeness (QED) is 0.139. The third kappa shape index (κ3) is 10.5. The Morgan fingerprint density at radius 3 is 1.25 bits per heavy atom. The zero-order chi connectivity index (χ0) is 76.4. The van der Waals surface area contributed by atoms with E-state index in [1.807, 2.05) is 78.9 Å². The summed E-state index contributed by atoms with van der Waals surface area (Å²) in [7, 11) is 0. The molecule has 3 aliphatic carbocycles. The van der Waals surface area contributed by atoms with E-state index in [2.05, 4.69) is 287 Å². The predicted octanol–water partition coefficient (Wildman–Crippen LogP) is 27.4. The zero-order valence-electron chi connectivity index (χ0n) is 64.4. The molecule has 113 heavy (non-hydrogen) atoms. The van der Waals surface area contributed by atoms with Gasteiger partial charge in [0.15, 0.2) is 34.9 Å². The van der Waals surface area contributed by atoms with Gasteiger partial charge in [0.1, 0.15) is 33.5 Å². The van der Waals surface area contributed by atoms with Crippen LogP contribution < -0.4 is 0 Å². The summed E-state index contributed by atoms with van der Waals surface area (Å²) < 4.78 is 19.6. The fourth-order valence-electron chi connectivity index (χ4n) is 18.6. The van der Waals surface area contributed by atoms with E-state index in [1.54, 1.807) is 0 Å². The monoisotopic (exact) mass is 1460 g/mol. The summed E-state index contributed by atoms with van der Waals surface area (Å²) in [5.74, 6) is 4.20. The van der Waals surface area contributed by atoms with Crippen molar-refractivity contribution in [1.82, 2.24) is 29.9 Å². The van der Waals surface area contributed by atoms with Gasteiger partial charge in [-0.2, -0.15) is 0 Å². The number of fused-ring (bicyclic) bond motifs is 18. The van der Waals surface area contributed by atoms with Crippen LogP contribution in [0, 0.1) is 11.3 Å². The Morgan fingerprint density at radius 2 is 0.655 bits per heavy atom. The van der Waals surface area contributed by atoms with Gasteiger partial charge >= 0.3 is 0 Å². The highest BCUT2D eigenvalue weighted by molar-refractivity contribution is 6.13. The molecule has 0 spiro atoms. The van der Waals surface area contributed by atoms with Crippen LogP contribution in [0.25, 0.3) is 190 Å². The largest absolute Gasteiger partial charge is 0.456 e. The summed E-state index contributed by atoms with van der Waals surface area (Å²) >= 11 is 0. The van der Waals surface area contributed by atoms with E-state index >= 15 is 0 Å². The molecule has 2 atom stereocenters. The molecule has 5 aromatic heterocycles. The van der Waals surface area contributed by atoms with Crippen LogP contribution in [0.3, 0.4) is 0 Å². The van der Waals surface area contributed by atoms with Gasteiger partial charge in [0.25, 0.3) is 0 Å². The molecule has 0 fully saturated rings. The van der Waals surface area contributed by atoms with E-state index in [4.69, 9.17) is 43.2 Å². The van der Waals surface area contributed by atoms with Crippen molar-refractivity contribution >= 4 is 65.8 Å². The molecule has 3 aliphatic rings. The molecular formula is C104H78N6O3. The fourth-order valence-corrected chi connectivity index (χ4v) is 18.6. The second-order valence-electron chi connectivity index (χ2n) is 32.9. The molecule has 9 nitrogen and oxygen atoms in total. The van der Waals surface area contributed by atoms with Gasteiger partial charge < -0.3 is 13.3 Å². The normalized spacial score (nSPS) is 15.7. The van der Waals surface area contributed by atoms with Crippen molar-refractivity contribution in [2.45, 2.75) is 78.6 Å². The summed E-state index contributed by atoms with van der Waals surface area (Å²) in [6, 6.07) is 107. The number of furan rings is 3. The Labute approximate surface area is 655 Å². The Morgan fingerprint density at radius 1 is 0.257 bits per heavy atom. The molecule has 0 bridgehead atoms. The van der Waals surface area contributed by atoms with Crippen molar-refractivity contribution in [1.29, 1.82) is 0 Å². The first kappa shape index (κ1) is 67.6. The van der Waals surface area contributed by atoms with E-state index in [9.17, 15) is 0 Å². The highest BCUT2D eigenvalue weighted by Gasteiger charge is 2.48. The van der Waals surface area contributed by atoms with Gasteiger partial charge in [0.2, 0.25) is 0 Å². The molecule has 0 radical (unpaired) electrons. The Bertz CT molecular complexity index is 7160. The van der Waals surface area contributed by atoms with E-state index in [0.717, 1.165) is 121 Å². The minimum atomic E-state index is -0.134. The van der Waals surface area contributed by atoms with Crippen LogP contribution in [0.5, 0.6) is 0 Å². The average molecular weight is 1460 g/mol. The van der Waals surface area contributed by atoms with Crippen LogP contribution >= 0.6 is 0 Å². The average Bonchev–Trinajstić information content (AvgIpc) is 1.50. The number of hydrogen-bond donors (Lipinski definition) is 0. The molecular weight excluding hydrogens is 1380 g/mol. The third-order valence-electron chi connectivity index (χ3n) is 25.2. The number of rotatable bonds is 9. The van der Waals surface area contributed by atoms with Crippen molar-refractivity contribution < 1.29 is 13.3 Å². The molecule has 14 aromatic carbocycles. The van der Waals surface area contributed by atoms with Crippen molar-refractivity contribution in [3.63, 3.8) is 0 Å². The summed E-state index contributed by atoms with van der Waals surface area (Å²) in [6.07, 6.45) is 0. The Kier molecular flexibility index (Phi) is 15.1. The van der Waals surface area contributed by atoms with Gasteiger partial charge in [-0.25, -0.2) is 29.9 Å². The second-order valence-corrected chi connectivity index (χ2v) is 32.9. The van der Waals surface area contributed by atoms with E-state index < -0.39 is 0 Å². The van der Waals surface area contributed by atoms with E-state index in [0.29, 0.717) is 40.9 Å². The summed E-state index contributed by atoms with van der Waals surface area (Å²) in [4.78, 5) is 30.7. The van der Waals surface area contributed by atoms with Crippen LogP contribution in [-0.4, -0.2) is 29.9 Å². The van der Waals surface area contributed by atoms with Crippen molar-refractivity contribution in [2.24, 2.45) is 11.3 Å². The van der Waals surface area contributed by atoms with Crippen LogP contribution in [0.2, 0.25) is 0 Å². The van der Waals surface area contributed by atoms with Crippen molar-refractivity contribution in [3.8, 4) is 124 Å². The molecule has 542 valence electrons. The maximum absolute atomic E-state index is 6.67. The smallest absolute Gasteiger partial charge is 0.164 e. The van der Waals surface area contributed by atoms with Crippen LogP contribution in [0.4, 0.5) is 0 Å². The topological polar surface area (TPSA) is 117 Å². The maximum atomic E-state index is 6.67. The maximum Gasteiger partial charge on any atom is 0.164 e. The summed E-state index contributed by atoms with van der Waals surface area (Å²) in [5, 5.41) is 6.57. The van der Waals surface area contributed by atoms with Crippen LogP contribution in [0.15, 0.2) is 317 Å². The Hall–Kier alpha value is -13.5. The van der Waals surface area contributed by atoms with Crippen molar-refractivity contribution in [3.05, 3.63) is 337 Å². The van der Waals surface area contributed by atoms with Gasteiger partial charge in [0.05, 0.1) is 0 Å². The molecule has 0 saturated carbocycles. The lowest BCUT2D eigenvalue weighted by molar-refractivity contribution is 0.255. The van der Waals surface area contributed by atoms with Gasteiger partial charge in [0, 0.05) is 81.9 Å². The predicted molar refractivity (Wildman–Crippen MR) is 461 cm³/mol. The molecule has 0 amide bonds. The first-order chi connectivity index (χ1) is 54.9. The number of aromatic nitrogens is 6. The van der Waals surface area contributed by atoms with Crippen LogP contribution in [-0.2, 0) is 16.2 Å². The minimum absolute atomic E-state index is 0.0157.